The van der Waals surface area contributed by atoms with Crippen LogP contribution in [0.1, 0.15) is 25.7 Å². The standard InChI is InChI=1S/C23H26N6O3/c30-15-19-14-29(10-11-31-19)17-12-20-22(25-9-8-24-20)21(13-17)32-18-4-2-16(3-5-18)28-23-26-6-1-7-27-23/h1,6-9,12-13,15-16,18,30H,2-5,10-11,14H2,(H,26,27,28)/b19-15+. The molecule has 1 aromatic carbocycles. The first-order chi connectivity index (χ1) is 15.8. The third-order valence-electron chi connectivity index (χ3n) is 5.89. The van der Waals surface area contributed by atoms with Gasteiger partial charge in [0, 0.05) is 42.6 Å². The van der Waals surface area contributed by atoms with E-state index in [1.54, 1.807) is 24.8 Å². The molecule has 0 spiro atoms. The Kier molecular flexibility index (Phi) is 5.87. The molecule has 166 valence electrons. The number of nitrogens with one attached hydrogen (secondary N) is 1. The second-order valence-electron chi connectivity index (χ2n) is 8.04. The Balaban J connectivity index is 1.30. The highest BCUT2D eigenvalue weighted by atomic mass is 16.5. The van der Waals surface area contributed by atoms with Crippen LogP contribution in [-0.4, -0.2) is 56.9 Å². The third-order valence-corrected chi connectivity index (χ3v) is 5.89. The van der Waals surface area contributed by atoms with Gasteiger partial charge in [0.15, 0.2) is 0 Å². The molecule has 0 radical (unpaired) electrons. The summed E-state index contributed by atoms with van der Waals surface area (Å²) in [6.07, 6.45) is 11.9. The summed E-state index contributed by atoms with van der Waals surface area (Å²) in [5.41, 5.74) is 2.53. The number of aliphatic hydroxyl groups is 1. The molecule has 0 amide bonds. The number of hydrogen-bond donors (Lipinski definition) is 2. The van der Waals surface area contributed by atoms with E-state index in [-0.39, 0.29) is 6.10 Å². The van der Waals surface area contributed by atoms with Gasteiger partial charge in [0.05, 0.1) is 24.7 Å². The van der Waals surface area contributed by atoms with Gasteiger partial charge in [-0.1, -0.05) is 0 Å². The maximum atomic E-state index is 9.34. The van der Waals surface area contributed by atoms with Gasteiger partial charge in [-0.3, -0.25) is 4.98 Å². The van der Waals surface area contributed by atoms with Crippen LogP contribution in [0.3, 0.4) is 0 Å². The minimum absolute atomic E-state index is 0.114. The number of benzene rings is 1. The molecular weight excluding hydrogens is 408 g/mol. The maximum absolute atomic E-state index is 9.34. The average molecular weight is 435 g/mol. The zero-order valence-corrected chi connectivity index (χ0v) is 17.7. The van der Waals surface area contributed by atoms with E-state index in [1.807, 2.05) is 18.2 Å². The Hall–Kier alpha value is -3.62. The SMILES string of the molecule is O/C=C1\CN(c2cc(OC3CCC(Nc4ncccn4)CC3)c3nccnc3c2)CCO1. The molecular formula is C23H26N6O3. The maximum Gasteiger partial charge on any atom is 0.222 e. The molecule has 1 aliphatic carbocycles. The summed E-state index contributed by atoms with van der Waals surface area (Å²) in [4.78, 5) is 19.7. The highest BCUT2D eigenvalue weighted by molar-refractivity contribution is 5.85. The molecule has 2 fully saturated rings. The second-order valence-corrected chi connectivity index (χ2v) is 8.04. The van der Waals surface area contributed by atoms with Crippen LogP contribution in [0.5, 0.6) is 5.75 Å². The van der Waals surface area contributed by atoms with Gasteiger partial charge in [-0.2, -0.15) is 0 Å². The van der Waals surface area contributed by atoms with Crippen molar-refractivity contribution in [1.82, 2.24) is 19.9 Å². The molecule has 3 heterocycles. The fraction of sp³-hybridized carbons (Fsp3) is 0.391. The molecule has 3 aromatic rings. The Morgan fingerprint density at radius 1 is 1.03 bits per heavy atom. The van der Waals surface area contributed by atoms with Crippen LogP contribution in [-0.2, 0) is 4.74 Å². The molecule has 2 N–H and O–H groups in total. The summed E-state index contributed by atoms with van der Waals surface area (Å²) >= 11 is 0. The van der Waals surface area contributed by atoms with Crippen molar-refractivity contribution < 1.29 is 14.6 Å². The number of anilines is 2. The number of rotatable bonds is 5. The molecule has 0 bridgehead atoms. The minimum Gasteiger partial charge on any atom is -0.512 e. The van der Waals surface area contributed by atoms with E-state index in [1.165, 1.54) is 0 Å². The van der Waals surface area contributed by atoms with Crippen molar-refractivity contribution in [3.8, 4) is 5.75 Å². The highest BCUT2D eigenvalue weighted by Crippen LogP contribution is 2.33. The van der Waals surface area contributed by atoms with Crippen LogP contribution < -0.4 is 15.0 Å². The van der Waals surface area contributed by atoms with Crippen LogP contribution in [0, 0.1) is 0 Å². The number of fused-ring (bicyclic) bond motifs is 1. The van der Waals surface area contributed by atoms with Crippen molar-refractivity contribution in [2.45, 2.75) is 37.8 Å². The molecule has 5 rings (SSSR count). The Labute approximate surface area is 186 Å². The Morgan fingerprint density at radius 2 is 1.84 bits per heavy atom. The van der Waals surface area contributed by atoms with E-state index in [0.29, 0.717) is 30.9 Å². The lowest BCUT2D eigenvalue weighted by Gasteiger charge is -2.32. The van der Waals surface area contributed by atoms with Crippen LogP contribution in [0.4, 0.5) is 11.6 Å². The lowest BCUT2D eigenvalue weighted by atomic mass is 9.93. The molecule has 1 aliphatic heterocycles. The first-order valence-corrected chi connectivity index (χ1v) is 10.9. The number of aromatic nitrogens is 4. The van der Waals surface area contributed by atoms with Gasteiger partial charge >= 0.3 is 0 Å². The quantitative estimate of drug-likeness (QED) is 0.584. The van der Waals surface area contributed by atoms with E-state index in [0.717, 1.165) is 61.0 Å². The van der Waals surface area contributed by atoms with Crippen LogP contribution >= 0.6 is 0 Å². The number of hydrogen-bond acceptors (Lipinski definition) is 9. The van der Waals surface area contributed by atoms with E-state index in [4.69, 9.17) is 9.47 Å². The van der Waals surface area contributed by atoms with Gasteiger partial charge in [-0.25, -0.2) is 15.0 Å². The van der Waals surface area contributed by atoms with Crippen LogP contribution in [0.15, 0.2) is 55.0 Å². The normalized spacial score (nSPS) is 22.5. The third kappa shape index (κ3) is 4.51. The van der Waals surface area contributed by atoms with Crippen LogP contribution in [0.25, 0.3) is 11.0 Å². The molecule has 2 aliphatic rings. The number of nitrogens with zero attached hydrogens (tertiary/aromatic N) is 5. The summed E-state index contributed by atoms with van der Waals surface area (Å²) in [6.45, 7) is 1.74. The summed E-state index contributed by atoms with van der Waals surface area (Å²) < 4.78 is 11.9. The summed E-state index contributed by atoms with van der Waals surface area (Å²) in [6, 6.07) is 6.20. The van der Waals surface area contributed by atoms with E-state index >= 15 is 0 Å². The molecule has 1 saturated heterocycles. The van der Waals surface area contributed by atoms with Crippen molar-refractivity contribution in [3.05, 3.63) is 55.0 Å². The Morgan fingerprint density at radius 3 is 2.66 bits per heavy atom. The van der Waals surface area contributed by atoms with Crippen molar-refractivity contribution >= 4 is 22.7 Å². The molecule has 0 unspecified atom stereocenters. The monoisotopic (exact) mass is 434 g/mol. The van der Waals surface area contributed by atoms with Gasteiger partial charge in [0.25, 0.3) is 0 Å². The zero-order valence-electron chi connectivity index (χ0n) is 17.7. The predicted molar refractivity (Wildman–Crippen MR) is 121 cm³/mol. The zero-order chi connectivity index (χ0) is 21.8. The van der Waals surface area contributed by atoms with E-state index in [9.17, 15) is 5.11 Å². The fourth-order valence-electron chi connectivity index (χ4n) is 4.26. The highest BCUT2D eigenvalue weighted by Gasteiger charge is 2.25. The largest absolute Gasteiger partial charge is 0.512 e. The lowest BCUT2D eigenvalue weighted by Crippen LogP contribution is -2.35. The molecule has 0 atom stereocenters. The predicted octanol–water partition coefficient (Wildman–Crippen LogP) is 3.46. The van der Waals surface area contributed by atoms with E-state index in [2.05, 4.69) is 30.2 Å². The topological polar surface area (TPSA) is 106 Å². The number of ether oxygens (including phenoxy) is 2. The van der Waals surface area contributed by atoms with Crippen molar-refractivity contribution in [3.63, 3.8) is 0 Å². The Bertz CT molecular complexity index is 1090. The van der Waals surface area contributed by atoms with Gasteiger partial charge in [-0.15, -0.1) is 0 Å². The second kappa shape index (κ2) is 9.25. The first-order valence-electron chi connectivity index (χ1n) is 10.9. The average Bonchev–Trinajstić information content (AvgIpc) is 2.86. The van der Waals surface area contributed by atoms with Gasteiger partial charge in [-0.05, 0) is 37.8 Å². The number of morpholine rings is 1. The molecule has 9 nitrogen and oxygen atoms in total. The lowest BCUT2D eigenvalue weighted by molar-refractivity contribution is 0.151. The molecule has 2 aromatic heterocycles. The van der Waals surface area contributed by atoms with Crippen LogP contribution in [0.2, 0.25) is 0 Å². The van der Waals surface area contributed by atoms with Gasteiger partial charge < -0.3 is 24.8 Å². The molecule has 32 heavy (non-hydrogen) atoms. The smallest absolute Gasteiger partial charge is 0.222 e. The van der Waals surface area contributed by atoms with Crippen molar-refractivity contribution in [2.24, 2.45) is 0 Å². The van der Waals surface area contributed by atoms with Gasteiger partial charge in [0.2, 0.25) is 5.95 Å². The van der Waals surface area contributed by atoms with Crippen molar-refractivity contribution in [2.75, 3.05) is 29.9 Å². The van der Waals surface area contributed by atoms with Gasteiger partial charge in [0.1, 0.15) is 29.9 Å². The van der Waals surface area contributed by atoms with Crippen molar-refractivity contribution in [1.29, 1.82) is 0 Å². The summed E-state index contributed by atoms with van der Waals surface area (Å²) in [7, 11) is 0. The summed E-state index contributed by atoms with van der Waals surface area (Å²) in [5, 5.41) is 12.8. The summed E-state index contributed by atoms with van der Waals surface area (Å²) in [5.74, 6) is 1.97. The van der Waals surface area contributed by atoms with E-state index < -0.39 is 0 Å². The fourth-order valence-corrected chi connectivity index (χ4v) is 4.26. The molecule has 1 saturated carbocycles. The molecule has 9 heteroatoms. The minimum atomic E-state index is 0.114. The first kappa shape index (κ1) is 20.3. The number of aliphatic hydroxyl groups excluding tert-OH is 1.